The van der Waals surface area contributed by atoms with Gasteiger partial charge in [-0.05, 0) is 43.5 Å². The molecule has 21 heavy (non-hydrogen) atoms. The number of hydrogen-bond donors (Lipinski definition) is 1. The zero-order valence-electron chi connectivity index (χ0n) is 11.9. The lowest BCUT2D eigenvalue weighted by Gasteiger charge is -2.31. The first-order valence-electron chi connectivity index (χ1n) is 7.04. The van der Waals surface area contributed by atoms with Crippen LogP contribution in [0.2, 0.25) is 0 Å². The minimum absolute atomic E-state index is 0.413. The highest BCUT2D eigenvalue weighted by Crippen LogP contribution is 2.30. The summed E-state index contributed by atoms with van der Waals surface area (Å²) in [5.41, 5.74) is 3.31. The summed E-state index contributed by atoms with van der Waals surface area (Å²) in [5, 5.41) is 9.31. The number of aromatic carboxylic acids is 1. The van der Waals surface area contributed by atoms with Gasteiger partial charge in [-0.1, -0.05) is 6.07 Å². The van der Waals surface area contributed by atoms with Crippen molar-refractivity contribution in [2.45, 2.75) is 26.3 Å². The van der Waals surface area contributed by atoms with Gasteiger partial charge in [0, 0.05) is 18.4 Å². The third-order valence-electron chi connectivity index (χ3n) is 3.76. The number of carboxylic acid groups (broad SMARTS) is 1. The van der Waals surface area contributed by atoms with E-state index in [-0.39, 0.29) is 0 Å². The first kappa shape index (κ1) is 13.5. The van der Waals surface area contributed by atoms with Crippen molar-refractivity contribution in [3.8, 4) is 0 Å². The van der Waals surface area contributed by atoms with Crippen molar-refractivity contribution in [3.05, 3.63) is 53.1 Å². The highest BCUT2D eigenvalue weighted by atomic mass is 16.4. The number of aryl methyl sites for hydroxylation is 1. The number of carboxylic acids is 1. The lowest BCUT2D eigenvalue weighted by Crippen LogP contribution is -2.30. The second-order valence-corrected chi connectivity index (χ2v) is 5.23. The van der Waals surface area contributed by atoms with Gasteiger partial charge in [-0.25, -0.2) is 14.8 Å². The minimum Gasteiger partial charge on any atom is -0.478 e. The lowest BCUT2D eigenvalue weighted by atomic mass is 9.96. The van der Waals surface area contributed by atoms with Crippen LogP contribution >= 0.6 is 0 Å². The van der Waals surface area contributed by atoms with E-state index < -0.39 is 5.97 Å². The van der Waals surface area contributed by atoms with Gasteiger partial charge < -0.3 is 10.0 Å². The molecule has 2 aromatic rings. The largest absolute Gasteiger partial charge is 0.478 e. The summed E-state index contributed by atoms with van der Waals surface area (Å²) in [6.45, 7) is 3.47. The van der Waals surface area contributed by atoms with E-state index in [9.17, 15) is 9.90 Å². The molecule has 0 amide bonds. The van der Waals surface area contributed by atoms with Gasteiger partial charge in [-0.3, -0.25) is 0 Å². The molecule has 1 N–H and O–H groups in total. The summed E-state index contributed by atoms with van der Waals surface area (Å²) >= 11 is 0. The molecule has 0 atom stereocenters. The number of rotatable bonds is 3. The van der Waals surface area contributed by atoms with E-state index in [2.05, 4.69) is 14.9 Å². The van der Waals surface area contributed by atoms with E-state index in [4.69, 9.17) is 0 Å². The Morgan fingerprint density at radius 2 is 2.24 bits per heavy atom. The van der Waals surface area contributed by atoms with Crippen LogP contribution in [0.5, 0.6) is 0 Å². The van der Waals surface area contributed by atoms with Crippen LogP contribution in [0.1, 0.15) is 33.9 Å². The molecule has 1 aliphatic rings. The van der Waals surface area contributed by atoms with Gasteiger partial charge in [0.05, 0.1) is 17.8 Å². The molecule has 0 bridgehead atoms. The summed E-state index contributed by atoms with van der Waals surface area (Å²) in [4.78, 5) is 22.1. The third-order valence-corrected chi connectivity index (χ3v) is 3.76. The Kier molecular flexibility index (Phi) is 3.56. The number of carbonyl (C=O) groups is 1. The van der Waals surface area contributed by atoms with E-state index in [0.29, 0.717) is 12.1 Å². The molecule has 108 valence electrons. The fourth-order valence-corrected chi connectivity index (χ4v) is 2.85. The van der Waals surface area contributed by atoms with Gasteiger partial charge in [-0.15, -0.1) is 0 Å². The lowest BCUT2D eigenvalue weighted by molar-refractivity contribution is 0.0695. The molecule has 0 saturated heterocycles. The predicted octanol–water partition coefficient (Wildman–Crippen LogP) is 2.44. The van der Waals surface area contributed by atoms with Crippen LogP contribution in [0, 0.1) is 6.92 Å². The zero-order chi connectivity index (χ0) is 14.8. The van der Waals surface area contributed by atoms with E-state index >= 15 is 0 Å². The molecule has 1 aromatic carbocycles. The quantitative estimate of drug-likeness (QED) is 0.937. The van der Waals surface area contributed by atoms with E-state index in [1.807, 2.05) is 25.1 Å². The van der Waals surface area contributed by atoms with Gasteiger partial charge >= 0.3 is 5.97 Å². The summed E-state index contributed by atoms with van der Waals surface area (Å²) < 4.78 is 0. The summed E-state index contributed by atoms with van der Waals surface area (Å²) in [7, 11) is 0. The van der Waals surface area contributed by atoms with E-state index in [1.165, 1.54) is 0 Å². The van der Waals surface area contributed by atoms with Crippen molar-refractivity contribution in [3.63, 3.8) is 0 Å². The average molecular weight is 283 g/mol. The van der Waals surface area contributed by atoms with Crippen LogP contribution in [0.25, 0.3) is 0 Å². The van der Waals surface area contributed by atoms with Crippen LogP contribution in [-0.4, -0.2) is 27.6 Å². The van der Waals surface area contributed by atoms with Crippen molar-refractivity contribution < 1.29 is 9.90 Å². The normalized spacial score (nSPS) is 13.9. The predicted molar refractivity (Wildman–Crippen MR) is 79.5 cm³/mol. The third kappa shape index (κ3) is 2.72. The van der Waals surface area contributed by atoms with Crippen LogP contribution in [0.4, 0.5) is 5.69 Å². The molecule has 5 heteroatoms. The Morgan fingerprint density at radius 3 is 3.00 bits per heavy atom. The molecule has 0 spiro atoms. The maximum atomic E-state index is 11.3. The Hall–Kier alpha value is -2.43. The standard InChI is InChI=1S/C16H17N3O2/c1-11-17-8-7-12(18-11)10-19-9-3-5-13-14(16(20)21)4-2-6-15(13)19/h2,4,6-8H,3,5,9-10H2,1H3,(H,20,21). The fraction of sp³-hybridized carbons (Fsp3) is 0.312. The minimum atomic E-state index is -0.855. The monoisotopic (exact) mass is 283 g/mol. The molecule has 0 unspecified atom stereocenters. The van der Waals surface area contributed by atoms with Gasteiger partial charge in [0.15, 0.2) is 0 Å². The Bertz CT molecular complexity index is 685. The average Bonchev–Trinajstić information content (AvgIpc) is 2.47. The topological polar surface area (TPSA) is 66.3 Å². The van der Waals surface area contributed by atoms with Gasteiger partial charge in [0.2, 0.25) is 0 Å². The molecule has 0 saturated carbocycles. The van der Waals surface area contributed by atoms with Crippen LogP contribution in [-0.2, 0) is 13.0 Å². The molecular weight excluding hydrogens is 266 g/mol. The maximum Gasteiger partial charge on any atom is 0.336 e. The molecule has 0 fully saturated rings. The van der Waals surface area contributed by atoms with Gasteiger partial charge in [0.25, 0.3) is 0 Å². The summed E-state index contributed by atoms with van der Waals surface area (Å²) in [6.07, 6.45) is 3.54. The summed E-state index contributed by atoms with van der Waals surface area (Å²) in [5.74, 6) is -0.101. The Morgan fingerprint density at radius 1 is 1.38 bits per heavy atom. The number of anilines is 1. The number of nitrogens with zero attached hydrogens (tertiary/aromatic N) is 3. The van der Waals surface area contributed by atoms with Crippen molar-refractivity contribution in [1.29, 1.82) is 0 Å². The Labute approximate surface area is 123 Å². The zero-order valence-corrected chi connectivity index (χ0v) is 11.9. The fourth-order valence-electron chi connectivity index (χ4n) is 2.85. The van der Waals surface area contributed by atoms with Crippen molar-refractivity contribution in [2.75, 3.05) is 11.4 Å². The highest BCUT2D eigenvalue weighted by Gasteiger charge is 2.22. The first-order valence-corrected chi connectivity index (χ1v) is 7.04. The van der Waals surface area contributed by atoms with Crippen molar-refractivity contribution in [2.24, 2.45) is 0 Å². The number of fused-ring (bicyclic) bond motifs is 1. The molecule has 1 aliphatic heterocycles. The molecule has 2 heterocycles. The van der Waals surface area contributed by atoms with E-state index in [0.717, 1.165) is 42.2 Å². The number of aromatic nitrogens is 2. The van der Waals surface area contributed by atoms with Crippen LogP contribution in [0.3, 0.4) is 0 Å². The molecule has 0 aliphatic carbocycles. The summed E-state index contributed by atoms with van der Waals surface area (Å²) in [6, 6.07) is 7.39. The van der Waals surface area contributed by atoms with Crippen molar-refractivity contribution >= 4 is 11.7 Å². The van der Waals surface area contributed by atoms with Gasteiger partial charge in [0.1, 0.15) is 5.82 Å². The molecule has 5 nitrogen and oxygen atoms in total. The van der Waals surface area contributed by atoms with Gasteiger partial charge in [-0.2, -0.15) is 0 Å². The SMILES string of the molecule is Cc1nccc(CN2CCCc3c(C(=O)O)cccc32)n1. The molecule has 1 aromatic heterocycles. The smallest absolute Gasteiger partial charge is 0.336 e. The van der Waals surface area contributed by atoms with Crippen LogP contribution < -0.4 is 4.90 Å². The van der Waals surface area contributed by atoms with Crippen LogP contribution in [0.15, 0.2) is 30.5 Å². The van der Waals surface area contributed by atoms with Crippen molar-refractivity contribution in [1.82, 2.24) is 9.97 Å². The Balaban J connectivity index is 1.94. The van der Waals surface area contributed by atoms with E-state index in [1.54, 1.807) is 12.3 Å². The first-order chi connectivity index (χ1) is 10.1. The number of benzene rings is 1. The number of hydrogen-bond acceptors (Lipinski definition) is 4. The molecule has 0 radical (unpaired) electrons. The maximum absolute atomic E-state index is 11.3. The second kappa shape index (κ2) is 5.52. The molecule has 3 rings (SSSR count). The second-order valence-electron chi connectivity index (χ2n) is 5.23. The molecular formula is C16H17N3O2. The highest BCUT2D eigenvalue weighted by molar-refractivity contribution is 5.91.